The molecule has 2 rings (SSSR count). The smallest absolute Gasteiger partial charge is 0.138 e. The Morgan fingerprint density at radius 2 is 2.05 bits per heavy atom. The van der Waals surface area contributed by atoms with E-state index in [0.29, 0.717) is 0 Å². The Kier molecular flexibility index (Phi) is 5.39. The molecule has 0 amide bonds. The molecule has 1 unspecified atom stereocenters. The van der Waals surface area contributed by atoms with Crippen LogP contribution in [0.1, 0.15) is 50.8 Å². The average molecular weight is 288 g/mol. The fourth-order valence-corrected chi connectivity index (χ4v) is 2.26. The molecule has 0 bridgehead atoms. The molecule has 0 aliphatic rings. The third-order valence-electron chi connectivity index (χ3n) is 3.16. The van der Waals surface area contributed by atoms with E-state index in [-0.39, 0.29) is 12.1 Å². The van der Waals surface area contributed by atoms with E-state index in [9.17, 15) is 0 Å². The van der Waals surface area contributed by atoms with Crippen molar-refractivity contribution in [1.29, 1.82) is 0 Å². The minimum atomic E-state index is -0.00138. The summed E-state index contributed by atoms with van der Waals surface area (Å²) >= 11 is 0. The van der Waals surface area contributed by atoms with Gasteiger partial charge in [-0.05, 0) is 44.2 Å². The highest BCUT2D eigenvalue weighted by atomic mass is 16.5. The van der Waals surface area contributed by atoms with Crippen LogP contribution >= 0.6 is 0 Å². The molecule has 0 radical (unpaired) electrons. The largest absolute Gasteiger partial charge is 0.489 e. The van der Waals surface area contributed by atoms with Crippen LogP contribution in [0.4, 0.5) is 0 Å². The van der Waals surface area contributed by atoms with Crippen molar-refractivity contribution in [3.63, 3.8) is 0 Å². The van der Waals surface area contributed by atoms with E-state index in [0.717, 1.165) is 35.8 Å². The van der Waals surface area contributed by atoms with Crippen LogP contribution in [0.5, 0.6) is 5.75 Å². The first kappa shape index (κ1) is 15.6. The zero-order valence-electron chi connectivity index (χ0n) is 13.2. The summed E-state index contributed by atoms with van der Waals surface area (Å²) in [6.07, 6.45) is 4.63. The molecule has 4 heteroatoms. The Labute approximate surface area is 126 Å². The normalized spacial score (nSPS) is 12.6. The molecule has 0 saturated heterocycles. The van der Waals surface area contributed by atoms with E-state index < -0.39 is 0 Å². The van der Waals surface area contributed by atoms with E-state index in [1.165, 1.54) is 0 Å². The van der Waals surface area contributed by atoms with Gasteiger partial charge in [0.2, 0.25) is 0 Å². The minimum absolute atomic E-state index is 0.00138. The Morgan fingerprint density at radius 3 is 2.67 bits per heavy atom. The van der Waals surface area contributed by atoms with Gasteiger partial charge in [-0.3, -0.25) is 4.98 Å². The highest BCUT2D eigenvalue weighted by Crippen LogP contribution is 2.26. The lowest BCUT2D eigenvalue weighted by atomic mass is 10.1. The molecule has 2 aromatic heterocycles. The van der Waals surface area contributed by atoms with Crippen molar-refractivity contribution in [3.05, 3.63) is 47.7 Å². The first-order valence-corrected chi connectivity index (χ1v) is 7.57. The molecular weight excluding hydrogens is 264 g/mol. The summed E-state index contributed by atoms with van der Waals surface area (Å²) in [6, 6.07) is 6.08. The molecule has 4 nitrogen and oxygen atoms in total. The summed E-state index contributed by atoms with van der Waals surface area (Å²) in [6.45, 7) is 9.03. The van der Waals surface area contributed by atoms with Crippen LogP contribution in [0.25, 0.3) is 0 Å². The quantitative estimate of drug-likeness (QED) is 0.843. The molecule has 2 aromatic rings. The first-order valence-electron chi connectivity index (χ1n) is 7.57. The fourth-order valence-electron chi connectivity index (χ4n) is 2.26. The molecule has 1 N–H and O–H groups in total. The monoisotopic (exact) mass is 288 g/mol. The summed E-state index contributed by atoms with van der Waals surface area (Å²) in [4.78, 5) is 4.29. The van der Waals surface area contributed by atoms with Gasteiger partial charge in [0.15, 0.2) is 0 Å². The number of hydrogen-bond acceptors (Lipinski definition) is 4. The van der Waals surface area contributed by atoms with Crippen molar-refractivity contribution in [2.45, 2.75) is 46.3 Å². The third kappa shape index (κ3) is 4.08. The number of aromatic nitrogens is 1. The van der Waals surface area contributed by atoms with E-state index >= 15 is 0 Å². The van der Waals surface area contributed by atoms with Gasteiger partial charge in [-0.15, -0.1) is 0 Å². The molecular formula is C17H24N2O2. The minimum Gasteiger partial charge on any atom is -0.489 e. The molecule has 2 heterocycles. The predicted octanol–water partition coefficient (Wildman–Crippen LogP) is 3.72. The van der Waals surface area contributed by atoms with Crippen LogP contribution in [0.3, 0.4) is 0 Å². The molecule has 0 aliphatic carbocycles. The number of ether oxygens (including phenoxy) is 1. The molecule has 0 saturated carbocycles. The Morgan fingerprint density at radius 1 is 1.24 bits per heavy atom. The summed E-state index contributed by atoms with van der Waals surface area (Å²) in [7, 11) is 0. The van der Waals surface area contributed by atoms with Crippen molar-refractivity contribution >= 4 is 0 Å². The number of nitrogens with zero attached hydrogens (tertiary/aromatic N) is 1. The first-order chi connectivity index (χ1) is 10.1. The maximum atomic E-state index is 5.89. The summed E-state index contributed by atoms with van der Waals surface area (Å²) in [5.74, 6) is 2.69. The number of aryl methyl sites for hydroxylation is 1. The SMILES string of the molecule is CCNC(c1cncc(OC(C)C)c1)c1ccc(CC)o1. The van der Waals surface area contributed by atoms with Crippen LogP contribution in [0.15, 0.2) is 35.0 Å². The second-order valence-electron chi connectivity index (χ2n) is 5.27. The lowest BCUT2D eigenvalue weighted by Gasteiger charge is -2.17. The Balaban J connectivity index is 2.29. The summed E-state index contributed by atoms with van der Waals surface area (Å²) < 4.78 is 11.6. The zero-order chi connectivity index (χ0) is 15.2. The molecule has 1 atom stereocenters. The van der Waals surface area contributed by atoms with Crippen LogP contribution in [0.2, 0.25) is 0 Å². The number of nitrogens with one attached hydrogen (secondary N) is 1. The second-order valence-corrected chi connectivity index (χ2v) is 5.27. The lowest BCUT2D eigenvalue weighted by Crippen LogP contribution is -2.21. The molecule has 114 valence electrons. The maximum absolute atomic E-state index is 5.89. The summed E-state index contributed by atoms with van der Waals surface area (Å²) in [5.41, 5.74) is 1.05. The van der Waals surface area contributed by atoms with Crippen LogP contribution < -0.4 is 10.1 Å². The van der Waals surface area contributed by atoms with Crippen LogP contribution in [-0.2, 0) is 6.42 Å². The van der Waals surface area contributed by atoms with Gasteiger partial charge in [-0.2, -0.15) is 0 Å². The van der Waals surface area contributed by atoms with Gasteiger partial charge < -0.3 is 14.5 Å². The van der Waals surface area contributed by atoms with E-state index in [1.54, 1.807) is 6.20 Å². The van der Waals surface area contributed by atoms with Gasteiger partial charge >= 0.3 is 0 Å². The average Bonchev–Trinajstić information content (AvgIpc) is 2.93. The van der Waals surface area contributed by atoms with E-state index in [2.05, 4.69) is 24.1 Å². The fraction of sp³-hybridized carbons (Fsp3) is 0.471. The van der Waals surface area contributed by atoms with Crippen molar-refractivity contribution in [1.82, 2.24) is 10.3 Å². The van der Waals surface area contributed by atoms with Gasteiger partial charge in [0.1, 0.15) is 17.3 Å². The highest BCUT2D eigenvalue weighted by Gasteiger charge is 2.18. The Bertz CT molecular complexity index is 563. The van der Waals surface area contributed by atoms with Crippen LogP contribution in [-0.4, -0.2) is 17.6 Å². The standard InChI is InChI=1S/C17H24N2O2/c1-5-14-7-8-16(21-14)17(19-6-2)13-9-15(11-18-10-13)20-12(3)4/h7-12,17,19H,5-6H2,1-4H3. The number of rotatable bonds is 7. The van der Waals surface area contributed by atoms with Crippen molar-refractivity contribution in [3.8, 4) is 5.75 Å². The van der Waals surface area contributed by atoms with Gasteiger partial charge in [0, 0.05) is 12.6 Å². The van der Waals surface area contributed by atoms with Gasteiger partial charge in [-0.1, -0.05) is 13.8 Å². The molecule has 21 heavy (non-hydrogen) atoms. The predicted molar refractivity (Wildman–Crippen MR) is 83.6 cm³/mol. The molecule has 0 fully saturated rings. The Hall–Kier alpha value is -1.81. The number of hydrogen-bond donors (Lipinski definition) is 1. The van der Waals surface area contributed by atoms with Gasteiger partial charge in [-0.25, -0.2) is 0 Å². The van der Waals surface area contributed by atoms with Crippen LogP contribution in [0, 0.1) is 0 Å². The lowest BCUT2D eigenvalue weighted by molar-refractivity contribution is 0.241. The van der Waals surface area contributed by atoms with Crippen molar-refractivity contribution < 1.29 is 9.15 Å². The molecule has 0 aliphatic heterocycles. The van der Waals surface area contributed by atoms with E-state index in [1.807, 2.05) is 38.2 Å². The molecule has 0 spiro atoms. The maximum Gasteiger partial charge on any atom is 0.138 e. The third-order valence-corrected chi connectivity index (χ3v) is 3.16. The van der Waals surface area contributed by atoms with Gasteiger partial charge in [0.25, 0.3) is 0 Å². The zero-order valence-corrected chi connectivity index (χ0v) is 13.2. The number of furan rings is 1. The van der Waals surface area contributed by atoms with Crippen molar-refractivity contribution in [2.75, 3.05) is 6.54 Å². The second kappa shape index (κ2) is 7.27. The highest BCUT2D eigenvalue weighted by molar-refractivity contribution is 5.31. The molecule has 0 aromatic carbocycles. The van der Waals surface area contributed by atoms with Gasteiger partial charge in [0.05, 0.1) is 18.3 Å². The van der Waals surface area contributed by atoms with E-state index in [4.69, 9.17) is 9.15 Å². The summed E-state index contributed by atoms with van der Waals surface area (Å²) in [5, 5.41) is 3.44. The van der Waals surface area contributed by atoms with Crippen molar-refractivity contribution in [2.24, 2.45) is 0 Å². The topological polar surface area (TPSA) is 47.3 Å². The number of pyridine rings is 1.